The lowest BCUT2D eigenvalue weighted by Crippen LogP contribution is -2.08. The van der Waals surface area contributed by atoms with Crippen LogP contribution in [0.5, 0.6) is 0 Å². The Kier molecular flexibility index (Phi) is 3.14. The van der Waals surface area contributed by atoms with Crippen molar-refractivity contribution in [2.75, 3.05) is 6.61 Å². The summed E-state index contributed by atoms with van der Waals surface area (Å²) in [4.78, 5) is 19.8. The van der Waals surface area contributed by atoms with Gasteiger partial charge < -0.3 is 4.74 Å². The van der Waals surface area contributed by atoms with E-state index in [4.69, 9.17) is 4.74 Å². The van der Waals surface area contributed by atoms with Gasteiger partial charge in [-0.1, -0.05) is 15.9 Å². The van der Waals surface area contributed by atoms with Gasteiger partial charge in [0, 0.05) is 22.3 Å². The summed E-state index contributed by atoms with van der Waals surface area (Å²) in [7, 11) is 0. The molecular formula is C11H9BrN2O2. The van der Waals surface area contributed by atoms with E-state index in [1.807, 2.05) is 6.07 Å². The molecule has 0 unspecified atom stereocenters. The first kappa shape index (κ1) is 11.0. The number of carbonyl (C=O) groups excluding carboxylic acids is 1. The lowest BCUT2D eigenvalue weighted by atomic mass is 10.2. The summed E-state index contributed by atoms with van der Waals surface area (Å²) in [6.45, 7) is 2.08. The normalized spacial score (nSPS) is 10.4. The molecule has 2 aromatic rings. The number of aromatic nitrogens is 2. The van der Waals surface area contributed by atoms with Crippen LogP contribution in [0.4, 0.5) is 0 Å². The van der Waals surface area contributed by atoms with Crippen molar-refractivity contribution >= 4 is 32.8 Å². The van der Waals surface area contributed by atoms with Crippen molar-refractivity contribution in [3.8, 4) is 0 Å². The fraction of sp³-hybridized carbons (Fsp3) is 0.182. The Morgan fingerprint density at radius 3 is 2.88 bits per heavy atom. The highest BCUT2D eigenvalue weighted by Crippen LogP contribution is 2.23. The first-order valence-electron chi connectivity index (χ1n) is 4.80. The molecule has 5 heteroatoms. The summed E-state index contributed by atoms with van der Waals surface area (Å²) in [6, 6.07) is 3.62. The minimum absolute atomic E-state index is 0.251. The maximum atomic E-state index is 11.6. The molecule has 2 aromatic heterocycles. The number of ether oxygens (including phenoxy) is 1. The van der Waals surface area contributed by atoms with Crippen LogP contribution in [-0.2, 0) is 4.74 Å². The van der Waals surface area contributed by atoms with Crippen LogP contribution in [-0.4, -0.2) is 22.5 Å². The van der Waals surface area contributed by atoms with E-state index in [0.29, 0.717) is 12.1 Å². The Bertz CT molecular complexity index is 542. The Balaban J connectivity index is 2.62. The van der Waals surface area contributed by atoms with Crippen LogP contribution in [0.1, 0.15) is 17.4 Å². The van der Waals surface area contributed by atoms with Gasteiger partial charge in [0.05, 0.1) is 6.61 Å². The number of carbonyl (C=O) groups is 1. The first-order chi connectivity index (χ1) is 7.74. The van der Waals surface area contributed by atoms with Crippen LogP contribution >= 0.6 is 15.9 Å². The number of hydrogen-bond acceptors (Lipinski definition) is 4. The lowest BCUT2D eigenvalue weighted by molar-refractivity contribution is 0.0522. The van der Waals surface area contributed by atoms with Gasteiger partial charge >= 0.3 is 5.97 Å². The zero-order valence-electron chi connectivity index (χ0n) is 8.61. The Labute approximate surface area is 101 Å². The highest BCUT2D eigenvalue weighted by Gasteiger charge is 2.14. The molecule has 0 amide bonds. The van der Waals surface area contributed by atoms with Crippen LogP contribution < -0.4 is 0 Å². The molecule has 0 aliphatic carbocycles. The molecule has 0 fully saturated rings. The monoisotopic (exact) mass is 280 g/mol. The van der Waals surface area contributed by atoms with Crippen LogP contribution in [0.2, 0.25) is 0 Å². The molecule has 0 saturated carbocycles. The SMILES string of the molecule is CCOC(=O)c1nccc2c(Br)ccnc12. The zero-order chi connectivity index (χ0) is 11.5. The smallest absolute Gasteiger partial charge is 0.359 e. The van der Waals surface area contributed by atoms with E-state index in [9.17, 15) is 4.79 Å². The number of esters is 1. The standard InChI is InChI=1S/C11H9BrN2O2/c1-2-16-11(15)10-9-7(3-5-14-10)8(12)4-6-13-9/h3-6H,2H2,1H3. The quantitative estimate of drug-likeness (QED) is 0.794. The second-order valence-corrected chi connectivity index (χ2v) is 3.92. The number of hydrogen-bond donors (Lipinski definition) is 0. The number of halogens is 1. The van der Waals surface area contributed by atoms with Crippen LogP contribution in [0.25, 0.3) is 10.9 Å². The number of nitrogens with zero attached hydrogens (tertiary/aromatic N) is 2. The van der Waals surface area contributed by atoms with E-state index in [-0.39, 0.29) is 5.69 Å². The molecule has 0 bridgehead atoms. The zero-order valence-corrected chi connectivity index (χ0v) is 10.2. The fourth-order valence-corrected chi connectivity index (χ4v) is 1.83. The van der Waals surface area contributed by atoms with E-state index < -0.39 is 5.97 Å². The summed E-state index contributed by atoms with van der Waals surface area (Å²) in [5, 5.41) is 0.848. The maximum Gasteiger partial charge on any atom is 0.359 e. The summed E-state index contributed by atoms with van der Waals surface area (Å²) >= 11 is 3.40. The highest BCUT2D eigenvalue weighted by molar-refractivity contribution is 9.10. The summed E-state index contributed by atoms with van der Waals surface area (Å²) in [5.41, 5.74) is 0.802. The van der Waals surface area contributed by atoms with Crippen molar-refractivity contribution in [1.82, 2.24) is 9.97 Å². The predicted molar refractivity (Wildman–Crippen MR) is 63.2 cm³/mol. The van der Waals surface area contributed by atoms with Crippen molar-refractivity contribution in [3.63, 3.8) is 0 Å². The second-order valence-electron chi connectivity index (χ2n) is 3.07. The average Bonchev–Trinajstić information content (AvgIpc) is 2.29. The molecule has 2 heterocycles. The molecule has 0 aliphatic heterocycles. The first-order valence-corrected chi connectivity index (χ1v) is 5.59. The highest BCUT2D eigenvalue weighted by atomic mass is 79.9. The molecule has 0 aromatic carbocycles. The van der Waals surface area contributed by atoms with E-state index in [1.165, 1.54) is 0 Å². The van der Waals surface area contributed by atoms with Crippen molar-refractivity contribution in [1.29, 1.82) is 0 Å². The third-order valence-corrected chi connectivity index (χ3v) is 2.77. The van der Waals surface area contributed by atoms with Crippen molar-refractivity contribution in [2.45, 2.75) is 6.92 Å². The number of rotatable bonds is 2. The molecule has 0 atom stereocenters. The largest absolute Gasteiger partial charge is 0.461 e. The third-order valence-electron chi connectivity index (χ3n) is 2.07. The molecular weight excluding hydrogens is 272 g/mol. The van der Waals surface area contributed by atoms with Gasteiger partial charge in [-0.05, 0) is 19.1 Å². The fourth-order valence-electron chi connectivity index (χ4n) is 1.39. The van der Waals surface area contributed by atoms with Gasteiger partial charge in [-0.15, -0.1) is 0 Å². The van der Waals surface area contributed by atoms with Crippen molar-refractivity contribution in [3.05, 3.63) is 34.7 Å². The summed E-state index contributed by atoms with van der Waals surface area (Å²) in [5.74, 6) is -0.446. The van der Waals surface area contributed by atoms with Gasteiger partial charge in [0.2, 0.25) is 0 Å². The Hall–Kier alpha value is -1.49. The van der Waals surface area contributed by atoms with Crippen molar-refractivity contribution < 1.29 is 9.53 Å². The molecule has 82 valence electrons. The van der Waals surface area contributed by atoms with E-state index in [0.717, 1.165) is 9.86 Å². The molecule has 16 heavy (non-hydrogen) atoms. The van der Waals surface area contributed by atoms with Gasteiger partial charge in [-0.25, -0.2) is 9.78 Å². The molecule has 0 aliphatic rings. The molecule has 0 radical (unpaired) electrons. The second kappa shape index (κ2) is 4.57. The van der Waals surface area contributed by atoms with Crippen LogP contribution in [0.3, 0.4) is 0 Å². The van der Waals surface area contributed by atoms with E-state index in [2.05, 4.69) is 25.9 Å². The summed E-state index contributed by atoms with van der Waals surface area (Å²) < 4.78 is 5.80. The third kappa shape index (κ3) is 1.90. The van der Waals surface area contributed by atoms with Gasteiger partial charge in [0.25, 0.3) is 0 Å². The van der Waals surface area contributed by atoms with E-state index >= 15 is 0 Å². The van der Waals surface area contributed by atoms with Crippen molar-refractivity contribution in [2.24, 2.45) is 0 Å². The molecule has 0 N–H and O–H groups in total. The molecule has 2 rings (SSSR count). The topological polar surface area (TPSA) is 52.1 Å². The average molecular weight is 281 g/mol. The molecule has 4 nitrogen and oxygen atoms in total. The van der Waals surface area contributed by atoms with Gasteiger partial charge in [-0.2, -0.15) is 0 Å². The maximum absolute atomic E-state index is 11.6. The lowest BCUT2D eigenvalue weighted by Gasteiger charge is -2.04. The molecule has 0 spiro atoms. The van der Waals surface area contributed by atoms with Crippen LogP contribution in [0.15, 0.2) is 29.0 Å². The molecule has 0 saturated heterocycles. The Morgan fingerprint density at radius 1 is 1.38 bits per heavy atom. The number of fused-ring (bicyclic) bond motifs is 1. The number of pyridine rings is 2. The Morgan fingerprint density at radius 2 is 2.12 bits per heavy atom. The van der Waals surface area contributed by atoms with Gasteiger partial charge in [-0.3, -0.25) is 4.98 Å². The van der Waals surface area contributed by atoms with Crippen LogP contribution in [0, 0.1) is 0 Å². The van der Waals surface area contributed by atoms with Gasteiger partial charge in [0.1, 0.15) is 5.52 Å². The predicted octanol–water partition coefficient (Wildman–Crippen LogP) is 2.57. The minimum atomic E-state index is -0.446. The van der Waals surface area contributed by atoms with Gasteiger partial charge in [0.15, 0.2) is 5.69 Å². The van der Waals surface area contributed by atoms with E-state index in [1.54, 1.807) is 25.4 Å². The summed E-state index contributed by atoms with van der Waals surface area (Å²) in [6.07, 6.45) is 3.19. The minimum Gasteiger partial charge on any atom is -0.461 e.